The highest BCUT2D eigenvalue weighted by molar-refractivity contribution is 5.90. The molecule has 19 heteroatoms. The molecule has 2 N–H and O–H groups in total. The number of alkyl halides is 9. The number of nitrogens with zero attached hydrogens (tertiary/aromatic N) is 6. The number of pyridine rings is 1. The molecule has 1 aromatic carbocycles. The van der Waals surface area contributed by atoms with Crippen LogP contribution in [0.25, 0.3) is 0 Å². The van der Waals surface area contributed by atoms with E-state index in [4.69, 9.17) is 15.2 Å². The molecule has 1 saturated heterocycles. The number of fused-ring (bicyclic) bond motifs is 1. The third-order valence-corrected chi connectivity index (χ3v) is 7.36. The van der Waals surface area contributed by atoms with E-state index in [1.54, 1.807) is 6.92 Å². The minimum atomic E-state index is -5.17. The van der Waals surface area contributed by atoms with Crippen molar-refractivity contribution < 1.29 is 53.8 Å². The maximum Gasteiger partial charge on any atom is 0.433 e. The first-order valence-corrected chi connectivity index (χ1v) is 13.8. The Hall–Kier alpha value is -4.16. The zero-order valence-electron chi connectivity index (χ0n) is 24.2. The van der Waals surface area contributed by atoms with Crippen LogP contribution in [0.5, 0.6) is 0 Å². The number of ether oxygens (including phenoxy) is 2. The fourth-order valence-electron chi connectivity index (χ4n) is 5.23. The van der Waals surface area contributed by atoms with Crippen molar-refractivity contribution in [1.29, 1.82) is 0 Å². The molecule has 0 aliphatic carbocycles. The van der Waals surface area contributed by atoms with Gasteiger partial charge >= 0.3 is 24.6 Å². The van der Waals surface area contributed by atoms with Gasteiger partial charge in [0.25, 0.3) is 0 Å². The van der Waals surface area contributed by atoms with Crippen molar-refractivity contribution in [2.24, 2.45) is 21.2 Å². The van der Waals surface area contributed by atoms with E-state index in [2.05, 4.69) is 20.4 Å². The van der Waals surface area contributed by atoms with Crippen LogP contribution in [-0.4, -0.2) is 54.3 Å². The quantitative estimate of drug-likeness (QED) is 0.118. The highest BCUT2D eigenvalue weighted by Crippen LogP contribution is 2.44. The summed E-state index contributed by atoms with van der Waals surface area (Å²) in [6.07, 6.45) is -16.4. The molecular weight excluding hydrogens is 641 g/mol. The number of carbonyl (C=O) groups is 1. The Morgan fingerprint density at radius 3 is 2.24 bits per heavy atom. The second kappa shape index (κ2) is 13.3. The topological polar surface area (TPSA) is 118 Å². The van der Waals surface area contributed by atoms with Gasteiger partial charge in [0.05, 0.1) is 48.8 Å². The molecule has 1 aromatic heterocycles. The summed E-state index contributed by atoms with van der Waals surface area (Å²) in [5.41, 5.74) is 0.449. The molecule has 3 heterocycles. The number of nitrogens with two attached hydrogens (primary N) is 1. The summed E-state index contributed by atoms with van der Waals surface area (Å²) in [6.45, 7) is 1.31. The summed E-state index contributed by atoms with van der Waals surface area (Å²) in [7, 11) is 1.20. The van der Waals surface area contributed by atoms with Gasteiger partial charge < -0.3 is 20.1 Å². The monoisotopic (exact) mass is 669 g/mol. The Labute approximate surface area is 256 Å². The first-order chi connectivity index (χ1) is 21.4. The third-order valence-electron chi connectivity index (χ3n) is 7.36. The number of halogens is 9. The van der Waals surface area contributed by atoms with Gasteiger partial charge in [-0.2, -0.15) is 44.6 Å². The molecule has 4 rings (SSSR count). The van der Waals surface area contributed by atoms with E-state index in [0.717, 1.165) is 15.9 Å². The molecule has 0 saturated carbocycles. The summed E-state index contributed by atoms with van der Waals surface area (Å²) in [4.78, 5) is 19.2. The predicted molar refractivity (Wildman–Crippen MR) is 143 cm³/mol. The van der Waals surface area contributed by atoms with E-state index >= 15 is 0 Å². The van der Waals surface area contributed by atoms with Crippen molar-refractivity contribution in [3.63, 3.8) is 0 Å². The SMILES string of the molecule is CC[C@@H]1C[C@H](N(Cc2cc(C(F)(F)F)cc(C(F)(F)F)c2)C(N)=NN=NC)c2nc(C(F)(F)F)ccc2N1C(=O)O[C@@H]1CCOC1. The molecule has 2 aliphatic heterocycles. The second-order valence-corrected chi connectivity index (χ2v) is 10.4. The Balaban J connectivity index is 1.89. The van der Waals surface area contributed by atoms with Crippen LogP contribution >= 0.6 is 0 Å². The van der Waals surface area contributed by atoms with Crippen molar-refractivity contribution in [1.82, 2.24) is 9.88 Å². The number of amides is 1. The molecule has 46 heavy (non-hydrogen) atoms. The molecule has 3 atom stereocenters. The average molecular weight is 670 g/mol. The van der Waals surface area contributed by atoms with Crippen molar-refractivity contribution in [3.05, 3.63) is 58.4 Å². The summed E-state index contributed by atoms with van der Waals surface area (Å²) >= 11 is 0. The lowest BCUT2D eigenvalue weighted by Gasteiger charge is -2.43. The van der Waals surface area contributed by atoms with Crippen molar-refractivity contribution >= 4 is 17.7 Å². The van der Waals surface area contributed by atoms with Crippen LogP contribution < -0.4 is 10.6 Å². The van der Waals surface area contributed by atoms with Crippen molar-refractivity contribution in [2.45, 2.75) is 69.4 Å². The Kier molecular flexibility index (Phi) is 10.0. The largest absolute Gasteiger partial charge is 0.443 e. The normalized spacial score (nSPS) is 21.1. The Bertz CT molecular complexity index is 1440. The molecule has 1 fully saturated rings. The lowest BCUT2D eigenvalue weighted by Crippen LogP contribution is -2.50. The molecule has 2 aromatic rings. The summed E-state index contributed by atoms with van der Waals surface area (Å²) in [5.74, 6) is -0.597. The van der Waals surface area contributed by atoms with Gasteiger partial charge in [-0.05, 0) is 54.0 Å². The van der Waals surface area contributed by atoms with Gasteiger partial charge in [-0.25, -0.2) is 9.78 Å². The molecule has 2 aliphatic rings. The number of benzene rings is 1. The molecule has 252 valence electrons. The standard InChI is InChI=1S/C27H28F9N7O3/c1-3-17-11-20(22-19(4-5-21(39-22)27(34,35)36)43(17)24(44)46-18-6-7-45-13-18)42(23(37)40-41-38-2)12-14-8-15(25(28,29)30)10-16(9-14)26(31,32)33/h4-5,8-10,17-18,20H,3,6-7,11-13H2,1-2H3,(H2,37,38,40)/t17-,18-,20+/m1/s1. The van der Waals surface area contributed by atoms with E-state index in [9.17, 15) is 44.3 Å². The molecular formula is C27H28F9N7O3. The molecule has 10 nitrogen and oxygen atoms in total. The lowest BCUT2D eigenvalue weighted by molar-refractivity contribution is -0.143. The van der Waals surface area contributed by atoms with Gasteiger partial charge in [0.1, 0.15) is 11.8 Å². The predicted octanol–water partition coefficient (Wildman–Crippen LogP) is 6.91. The molecule has 0 unspecified atom stereocenters. The summed E-state index contributed by atoms with van der Waals surface area (Å²) < 4.78 is 134. The maximum atomic E-state index is 13.9. The van der Waals surface area contributed by atoms with Crippen LogP contribution in [0.4, 0.5) is 50.0 Å². The summed E-state index contributed by atoms with van der Waals surface area (Å²) in [5, 5.41) is 10.4. The minimum absolute atomic E-state index is 0.0599. The Morgan fingerprint density at radius 1 is 1.07 bits per heavy atom. The smallest absolute Gasteiger partial charge is 0.433 e. The van der Waals surface area contributed by atoms with Gasteiger partial charge in [0.2, 0.25) is 5.96 Å². The number of carbonyl (C=O) groups excluding carboxylic acids is 1. The first kappa shape index (κ1) is 34.7. The van der Waals surface area contributed by atoms with Crippen molar-refractivity contribution in [2.75, 3.05) is 25.2 Å². The molecule has 0 bridgehead atoms. The first-order valence-electron chi connectivity index (χ1n) is 13.8. The zero-order valence-corrected chi connectivity index (χ0v) is 24.2. The molecule has 0 spiro atoms. The maximum absolute atomic E-state index is 13.9. The van der Waals surface area contributed by atoms with Crippen LogP contribution in [0.2, 0.25) is 0 Å². The van der Waals surface area contributed by atoms with Gasteiger partial charge in [0, 0.05) is 19.0 Å². The highest BCUT2D eigenvalue weighted by atomic mass is 19.4. The number of anilines is 1. The van der Waals surface area contributed by atoms with E-state index in [-0.39, 0.29) is 31.2 Å². The number of aromatic nitrogens is 1. The van der Waals surface area contributed by atoms with E-state index in [0.29, 0.717) is 31.2 Å². The van der Waals surface area contributed by atoms with Crippen LogP contribution in [0.3, 0.4) is 0 Å². The van der Waals surface area contributed by atoms with Crippen LogP contribution in [0.15, 0.2) is 45.8 Å². The van der Waals surface area contributed by atoms with Crippen LogP contribution in [0.1, 0.15) is 60.3 Å². The van der Waals surface area contributed by atoms with Gasteiger partial charge in [-0.1, -0.05) is 12.0 Å². The average Bonchev–Trinajstić information content (AvgIpc) is 3.49. The van der Waals surface area contributed by atoms with Gasteiger partial charge in [0.15, 0.2) is 0 Å². The number of hydrogen-bond acceptors (Lipinski definition) is 6. The third kappa shape index (κ3) is 7.79. The van der Waals surface area contributed by atoms with Crippen LogP contribution in [0, 0.1) is 0 Å². The highest BCUT2D eigenvalue weighted by Gasteiger charge is 2.44. The minimum Gasteiger partial charge on any atom is -0.443 e. The second-order valence-electron chi connectivity index (χ2n) is 10.4. The lowest BCUT2D eigenvalue weighted by atomic mass is 9.91. The fourth-order valence-corrected chi connectivity index (χ4v) is 5.23. The Morgan fingerprint density at radius 2 is 1.72 bits per heavy atom. The zero-order chi connectivity index (χ0) is 34.0. The number of guanidine groups is 1. The van der Waals surface area contributed by atoms with Gasteiger partial charge in [-0.3, -0.25) is 4.90 Å². The van der Waals surface area contributed by atoms with E-state index in [1.165, 1.54) is 7.05 Å². The van der Waals surface area contributed by atoms with Crippen LogP contribution in [-0.2, 0) is 34.5 Å². The van der Waals surface area contributed by atoms with Gasteiger partial charge in [-0.15, -0.1) is 0 Å². The van der Waals surface area contributed by atoms with E-state index in [1.807, 2.05) is 0 Å². The van der Waals surface area contributed by atoms with Crippen molar-refractivity contribution in [3.8, 4) is 0 Å². The number of hydrogen-bond donors (Lipinski definition) is 1. The van der Waals surface area contributed by atoms with E-state index < -0.39 is 83.4 Å². The molecule has 0 radical (unpaired) electrons. The summed E-state index contributed by atoms with van der Waals surface area (Å²) in [6, 6.07) is 0.366. The molecule has 1 amide bonds. The fraction of sp³-hybridized carbons (Fsp3) is 0.519. The number of rotatable bonds is 6.